The van der Waals surface area contributed by atoms with Crippen LogP contribution in [0.5, 0.6) is 0 Å². The molecule has 3 heterocycles. The molecule has 138 valence electrons. The Hall–Kier alpha value is -3.65. The minimum Gasteiger partial charge on any atom is -0.457 e. The zero-order chi connectivity index (χ0) is 19.7. The third-order valence-corrected chi connectivity index (χ3v) is 5.00. The van der Waals surface area contributed by atoms with Gasteiger partial charge in [0, 0.05) is 23.3 Å². The first-order chi connectivity index (χ1) is 13.6. The van der Waals surface area contributed by atoms with Gasteiger partial charge in [-0.3, -0.25) is 4.98 Å². The molecule has 1 aromatic carbocycles. The molecule has 5 nitrogen and oxygen atoms in total. The average Bonchev–Trinajstić information content (AvgIpc) is 3.09. The van der Waals surface area contributed by atoms with Crippen LogP contribution in [0.3, 0.4) is 0 Å². The second kappa shape index (κ2) is 7.16. The first-order valence-electron chi connectivity index (χ1n) is 9.18. The van der Waals surface area contributed by atoms with Crippen molar-refractivity contribution < 1.29 is 9.53 Å². The van der Waals surface area contributed by atoms with Crippen molar-refractivity contribution in [1.82, 2.24) is 9.38 Å². The number of carbonyl (C=O) groups excluding carboxylic acids is 1. The lowest BCUT2D eigenvalue weighted by atomic mass is 10.0. The zero-order valence-electron chi connectivity index (χ0n) is 15.8. The Bertz CT molecular complexity index is 1250. The molecule has 0 atom stereocenters. The Kier molecular flexibility index (Phi) is 4.54. The van der Waals surface area contributed by atoms with E-state index in [2.05, 4.69) is 11.1 Å². The number of benzene rings is 1. The summed E-state index contributed by atoms with van der Waals surface area (Å²) in [7, 11) is 0. The van der Waals surface area contributed by atoms with Crippen molar-refractivity contribution in [2.45, 2.75) is 26.9 Å². The fourth-order valence-corrected chi connectivity index (χ4v) is 3.60. The first kappa shape index (κ1) is 17.7. The molecule has 0 saturated heterocycles. The number of hydrogen-bond donors (Lipinski definition) is 0. The number of carbonyl (C=O) groups is 1. The quantitative estimate of drug-likeness (QED) is 0.494. The molecular formula is C23H19N3O2. The van der Waals surface area contributed by atoms with Crippen LogP contribution in [0, 0.1) is 18.3 Å². The maximum atomic E-state index is 12.9. The molecule has 5 heteroatoms. The summed E-state index contributed by atoms with van der Waals surface area (Å²) in [4.78, 5) is 17.6. The smallest absolute Gasteiger partial charge is 0.340 e. The summed E-state index contributed by atoms with van der Waals surface area (Å²) in [6.45, 7) is 3.94. The molecule has 0 amide bonds. The molecule has 0 bridgehead atoms. The van der Waals surface area contributed by atoms with Gasteiger partial charge in [-0.25, -0.2) is 4.79 Å². The lowest BCUT2D eigenvalue weighted by molar-refractivity contribution is 0.0470. The standard InChI is InChI=1S/C23H19N3O2/c1-3-19-22(15(2)17-8-4-5-9-20(17)25-19)23(27)28-14-16-13-26-11-7-6-10-21(26)18(16)12-24/h4-11,13H,3,14H2,1-2H3. The SMILES string of the molecule is CCc1nc2ccccc2c(C)c1C(=O)OCc1cn2ccccc2c1C#N. The minimum absolute atomic E-state index is 0.0405. The molecule has 28 heavy (non-hydrogen) atoms. The van der Waals surface area contributed by atoms with E-state index < -0.39 is 5.97 Å². The lowest BCUT2D eigenvalue weighted by Crippen LogP contribution is -2.12. The third-order valence-electron chi connectivity index (χ3n) is 5.00. The van der Waals surface area contributed by atoms with E-state index in [0.29, 0.717) is 23.1 Å². The molecule has 0 unspecified atom stereocenters. The Morgan fingerprint density at radius 1 is 1.21 bits per heavy atom. The van der Waals surface area contributed by atoms with E-state index in [1.165, 1.54) is 0 Å². The van der Waals surface area contributed by atoms with Crippen LogP contribution in [0.1, 0.15) is 39.7 Å². The van der Waals surface area contributed by atoms with Gasteiger partial charge in [-0.05, 0) is 37.1 Å². The van der Waals surface area contributed by atoms with Gasteiger partial charge >= 0.3 is 5.97 Å². The van der Waals surface area contributed by atoms with Gasteiger partial charge < -0.3 is 9.14 Å². The van der Waals surface area contributed by atoms with Crippen LogP contribution >= 0.6 is 0 Å². The van der Waals surface area contributed by atoms with Crippen LogP contribution in [0.2, 0.25) is 0 Å². The Balaban J connectivity index is 1.68. The summed E-state index contributed by atoms with van der Waals surface area (Å²) < 4.78 is 7.48. The molecule has 3 aromatic heterocycles. The van der Waals surface area contributed by atoms with Crippen LogP contribution in [0.25, 0.3) is 16.4 Å². The zero-order valence-corrected chi connectivity index (χ0v) is 15.8. The van der Waals surface area contributed by atoms with Gasteiger partial charge in [0.05, 0.1) is 27.9 Å². The van der Waals surface area contributed by atoms with Crippen molar-refractivity contribution in [2.75, 3.05) is 0 Å². The molecule has 4 aromatic rings. The van der Waals surface area contributed by atoms with Gasteiger partial charge in [0.25, 0.3) is 0 Å². The number of rotatable bonds is 4. The summed E-state index contributed by atoms with van der Waals surface area (Å²) in [6.07, 6.45) is 4.33. The Labute approximate surface area is 162 Å². The highest BCUT2D eigenvalue weighted by molar-refractivity contribution is 5.98. The van der Waals surface area contributed by atoms with Crippen LogP contribution in [-0.4, -0.2) is 15.4 Å². The van der Waals surface area contributed by atoms with E-state index in [9.17, 15) is 10.1 Å². The average molecular weight is 369 g/mol. The number of fused-ring (bicyclic) bond motifs is 2. The van der Waals surface area contributed by atoms with E-state index >= 15 is 0 Å². The fourth-order valence-electron chi connectivity index (χ4n) is 3.60. The number of nitrogens with zero attached hydrogens (tertiary/aromatic N) is 3. The molecule has 0 aliphatic heterocycles. The molecule has 0 radical (unpaired) electrons. The Morgan fingerprint density at radius 3 is 2.79 bits per heavy atom. The third kappa shape index (κ3) is 2.89. The number of hydrogen-bond acceptors (Lipinski definition) is 4. The lowest BCUT2D eigenvalue weighted by Gasteiger charge is -2.13. The van der Waals surface area contributed by atoms with E-state index in [-0.39, 0.29) is 6.61 Å². The van der Waals surface area contributed by atoms with Crippen molar-refractivity contribution in [3.8, 4) is 6.07 Å². The van der Waals surface area contributed by atoms with Gasteiger partial charge in [-0.15, -0.1) is 0 Å². The highest BCUT2D eigenvalue weighted by atomic mass is 16.5. The summed E-state index contributed by atoms with van der Waals surface area (Å²) in [5.74, 6) is -0.410. The summed E-state index contributed by atoms with van der Waals surface area (Å²) in [5.41, 5.74) is 5.00. The molecule has 0 saturated carbocycles. The molecule has 4 rings (SSSR count). The molecule has 0 aliphatic carbocycles. The van der Waals surface area contributed by atoms with Crippen LogP contribution in [-0.2, 0) is 17.8 Å². The van der Waals surface area contributed by atoms with Gasteiger partial charge in [-0.1, -0.05) is 31.2 Å². The van der Waals surface area contributed by atoms with E-state index in [4.69, 9.17) is 4.74 Å². The summed E-state index contributed by atoms with van der Waals surface area (Å²) in [5, 5.41) is 10.5. The normalized spacial score (nSPS) is 10.9. The van der Waals surface area contributed by atoms with E-state index in [0.717, 1.165) is 27.7 Å². The highest BCUT2D eigenvalue weighted by Crippen LogP contribution is 2.25. The maximum Gasteiger partial charge on any atom is 0.340 e. The van der Waals surface area contributed by atoms with Crippen LogP contribution < -0.4 is 0 Å². The second-order valence-electron chi connectivity index (χ2n) is 6.64. The summed E-state index contributed by atoms with van der Waals surface area (Å²) >= 11 is 0. The summed E-state index contributed by atoms with van der Waals surface area (Å²) in [6, 6.07) is 15.6. The number of esters is 1. The van der Waals surface area contributed by atoms with Gasteiger partial charge in [0.15, 0.2) is 0 Å². The number of ether oxygens (including phenoxy) is 1. The Morgan fingerprint density at radius 2 is 2.00 bits per heavy atom. The number of pyridine rings is 2. The van der Waals surface area contributed by atoms with Crippen LogP contribution in [0.4, 0.5) is 0 Å². The largest absolute Gasteiger partial charge is 0.457 e. The van der Waals surface area contributed by atoms with Crippen molar-refractivity contribution in [3.63, 3.8) is 0 Å². The molecule has 0 fully saturated rings. The van der Waals surface area contributed by atoms with Crippen LogP contribution in [0.15, 0.2) is 54.9 Å². The van der Waals surface area contributed by atoms with Gasteiger partial charge in [-0.2, -0.15) is 5.26 Å². The molecular weight excluding hydrogens is 350 g/mol. The number of aryl methyl sites for hydroxylation is 2. The van der Waals surface area contributed by atoms with E-state index in [1.807, 2.05) is 73.1 Å². The molecule has 0 spiro atoms. The number of para-hydroxylation sites is 1. The van der Waals surface area contributed by atoms with Gasteiger partial charge in [0.2, 0.25) is 0 Å². The predicted octanol–water partition coefficient (Wildman–Crippen LogP) is 4.59. The fraction of sp³-hybridized carbons (Fsp3) is 0.174. The molecule has 0 N–H and O–H groups in total. The topological polar surface area (TPSA) is 67.4 Å². The van der Waals surface area contributed by atoms with Crippen molar-refractivity contribution in [2.24, 2.45) is 0 Å². The first-order valence-corrected chi connectivity index (χ1v) is 9.18. The van der Waals surface area contributed by atoms with Crippen molar-refractivity contribution in [1.29, 1.82) is 5.26 Å². The highest BCUT2D eigenvalue weighted by Gasteiger charge is 2.20. The van der Waals surface area contributed by atoms with Gasteiger partial charge in [0.1, 0.15) is 12.7 Å². The molecule has 0 aliphatic rings. The monoisotopic (exact) mass is 369 g/mol. The van der Waals surface area contributed by atoms with Crippen molar-refractivity contribution >= 4 is 22.4 Å². The second-order valence-corrected chi connectivity index (χ2v) is 6.64. The van der Waals surface area contributed by atoms with Crippen molar-refractivity contribution in [3.05, 3.63) is 82.8 Å². The minimum atomic E-state index is -0.410. The number of aromatic nitrogens is 2. The van der Waals surface area contributed by atoms with E-state index in [1.54, 1.807) is 0 Å². The maximum absolute atomic E-state index is 12.9. The predicted molar refractivity (Wildman–Crippen MR) is 107 cm³/mol. The number of nitriles is 1.